The molecule has 2 rings (SSSR count). The van der Waals surface area contributed by atoms with E-state index in [9.17, 15) is 10.1 Å². The Morgan fingerprint density at radius 3 is 2.90 bits per heavy atom. The number of nitrogens with one attached hydrogen (secondary N) is 1. The van der Waals surface area contributed by atoms with Gasteiger partial charge in [0.1, 0.15) is 12.9 Å². The fourth-order valence-electron chi connectivity index (χ4n) is 1.74. The van der Waals surface area contributed by atoms with Crippen molar-refractivity contribution in [2.75, 3.05) is 13.2 Å². The van der Waals surface area contributed by atoms with E-state index in [1.807, 2.05) is 13.8 Å². The molecule has 7 heteroatoms. The zero-order valence-corrected chi connectivity index (χ0v) is 11.4. The van der Waals surface area contributed by atoms with Crippen LogP contribution in [0.4, 0.5) is 5.69 Å². The van der Waals surface area contributed by atoms with Crippen LogP contribution < -0.4 is 10.1 Å². The van der Waals surface area contributed by atoms with Crippen molar-refractivity contribution in [1.82, 2.24) is 15.3 Å². The number of hydrogen-bond acceptors (Lipinski definition) is 6. The molecule has 0 radical (unpaired) electrons. The predicted molar refractivity (Wildman–Crippen MR) is 74.8 cm³/mol. The van der Waals surface area contributed by atoms with Gasteiger partial charge in [0, 0.05) is 24.7 Å². The van der Waals surface area contributed by atoms with Crippen molar-refractivity contribution in [3.63, 3.8) is 0 Å². The van der Waals surface area contributed by atoms with Crippen molar-refractivity contribution in [3.05, 3.63) is 34.6 Å². The molecule has 2 aromatic rings. The van der Waals surface area contributed by atoms with Gasteiger partial charge in [-0.2, -0.15) is 0 Å². The zero-order valence-electron chi connectivity index (χ0n) is 11.4. The van der Waals surface area contributed by atoms with Gasteiger partial charge in [-0.25, -0.2) is 9.97 Å². The van der Waals surface area contributed by atoms with E-state index in [2.05, 4.69) is 15.3 Å². The number of nitrogens with zero attached hydrogens (tertiary/aromatic N) is 3. The molecule has 1 N–H and O–H groups in total. The first kappa shape index (κ1) is 14.1. The number of benzene rings is 1. The number of ether oxygens (including phenoxy) is 1. The molecule has 0 saturated heterocycles. The summed E-state index contributed by atoms with van der Waals surface area (Å²) in [5.41, 5.74) is 0.620. The third kappa shape index (κ3) is 3.39. The second kappa shape index (κ2) is 6.25. The average molecular weight is 276 g/mol. The lowest BCUT2D eigenvalue weighted by Crippen LogP contribution is -2.27. The average Bonchev–Trinajstić information content (AvgIpc) is 2.42. The van der Waals surface area contributed by atoms with Crippen LogP contribution in [0.25, 0.3) is 10.9 Å². The maximum absolute atomic E-state index is 10.8. The summed E-state index contributed by atoms with van der Waals surface area (Å²) in [7, 11) is 0. The fourth-order valence-corrected chi connectivity index (χ4v) is 1.74. The first-order chi connectivity index (χ1) is 9.58. The van der Waals surface area contributed by atoms with Crippen LogP contribution in [0.1, 0.15) is 13.8 Å². The van der Waals surface area contributed by atoms with E-state index >= 15 is 0 Å². The molecule has 1 heterocycles. The van der Waals surface area contributed by atoms with Crippen molar-refractivity contribution in [3.8, 4) is 5.88 Å². The smallest absolute Gasteiger partial charge is 0.270 e. The van der Waals surface area contributed by atoms with Crippen LogP contribution in [0.2, 0.25) is 0 Å². The number of nitro groups is 1. The highest BCUT2D eigenvalue weighted by Gasteiger charge is 2.11. The lowest BCUT2D eigenvalue weighted by Gasteiger charge is -2.10. The van der Waals surface area contributed by atoms with Gasteiger partial charge in [-0.1, -0.05) is 13.8 Å². The summed E-state index contributed by atoms with van der Waals surface area (Å²) in [5.74, 6) is 0.365. The third-order valence-electron chi connectivity index (χ3n) is 2.69. The molecule has 0 saturated carbocycles. The molecular weight excluding hydrogens is 260 g/mol. The number of nitro benzene ring substituents is 1. The lowest BCUT2D eigenvalue weighted by atomic mass is 10.2. The van der Waals surface area contributed by atoms with E-state index < -0.39 is 4.92 Å². The molecule has 0 aliphatic heterocycles. The first-order valence-electron chi connectivity index (χ1n) is 6.33. The third-order valence-corrected chi connectivity index (χ3v) is 2.69. The van der Waals surface area contributed by atoms with Crippen molar-refractivity contribution in [2.45, 2.75) is 19.9 Å². The maximum Gasteiger partial charge on any atom is 0.270 e. The van der Waals surface area contributed by atoms with Gasteiger partial charge in [0.15, 0.2) is 0 Å². The molecule has 1 aromatic carbocycles. The molecule has 106 valence electrons. The van der Waals surface area contributed by atoms with Gasteiger partial charge < -0.3 is 10.1 Å². The minimum absolute atomic E-state index is 0.00236. The Bertz CT molecular complexity index is 616. The lowest BCUT2D eigenvalue weighted by molar-refractivity contribution is -0.384. The van der Waals surface area contributed by atoms with E-state index in [1.165, 1.54) is 18.5 Å². The van der Waals surface area contributed by atoms with Gasteiger partial charge in [-0.05, 0) is 6.07 Å². The highest BCUT2D eigenvalue weighted by molar-refractivity contribution is 5.85. The van der Waals surface area contributed by atoms with Crippen molar-refractivity contribution in [2.24, 2.45) is 0 Å². The number of fused-ring (bicyclic) bond motifs is 1. The normalized spacial score (nSPS) is 10.9. The molecule has 0 amide bonds. The van der Waals surface area contributed by atoms with Gasteiger partial charge in [-0.15, -0.1) is 0 Å². The van der Waals surface area contributed by atoms with Crippen LogP contribution in [-0.2, 0) is 0 Å². The fraction of sp³-hybridized carbons (Fsp3) is 0.385. The molecule has 0 aliphatic carbocycles. The quantitative estimate of drug-likeness (QED) is 0.492. The van der Waals surface area contributed by atoms with Gasteiger partial charge >= 0.3 is 0 Å². The standard InChI is InChI=1S/C13H16N4O3/c1-9(2)14-5-6-20-13-11-7-10(17(18)19)3-4-12(11)15-8-16-13/h3-4,7-9,14H,5-6H2,1-2H3. The summed E-state index contributed by atoms with van der Waals surface area (Å²) < 4.78 is 5.57. The molecule has 20 heavy (non-hydrogen) atoms. The Morgan fingerprint density at radius 2 is 2.20 bits per heavy atom. The molecular formula is C13H16N4O3. The minimum Gasteiger partial charge on any atom is -0.476 e. The highest BCUT2D eigenvalue weighted by Crippen LogP contribution is 2.25. The second-order valence-electron chi connectivity index (χ2n) is 4.59. The van der Waals surface area contributed by atoms with Crippen LogP contribution in [0.5, 0.6) is 5.88 Å². The van der Waals surface area contributed by atoms with E-state index in [4.69, 9.17) is 4.74 Å². The SMILES string of the molecule is CC(C)NCCOc1ncnc2ccc([N+](=O)[O-])cc12. The van der Waals surface area contributed by atoms with E-state index in [1.54, 1.807) is 6.07 Å². The summed E-state index contributed by atoms with van der Waals surface area (Å²) >= 11 is 0. The molecule has 0 aliphatic rings. The van der Waals surface area contributed by atoms with E-state index in [-0.39, 0.29) is 5.69 Å². The van der Waals surface area contributed by atoms with Gasteiger partial charge in [0.25, 0.3) is 5.69 Å². The Kier molecular flexibility index (Phi) is 4.41. The maximum atomic E-state index is 10.8. The van der Waals surface area contributed by atoms with Crippen LogP contribution in [0, 0.1) is 10.1 Å². The van der Waals surface area contributed by atoms with E-state index in [0.29, 0.717) is 36.0 Å². The molecule has 0 atom stereocenters. The van der Waals surface area contributed by atoms with Gasteiger partial charge in [-0.3, -0.25) is 10.1 Å². The van der Waals surface area contributed by atoms with Crippen LogP contribution >= 0.6 is 0 Å². The topological polar surface area (TPSA) is 90.2 Å². The predicted octanol–water partition coefficient (Wildman–Crippen LogP) is 1.91. The number of rotatable bonds is 6. The minimum atomic E-state index is -0.448. The number of aromatic nitrogens is 2. The monoisotopic (exact) mass is 276 g/mol. The molecule has 7 nitrogen and oxygen atoms in total. The summed E-state index contributed by atoms with van der Waals surface area (Å²) in [4.78, 5) is 18.5. The van der Waals surface area contributed by atoms with Crippen molar-refractivity contribution >= 4 is 16.6 Å². The summed E-state index contributed by atoms with van der Waals surface area (Å²) in [6.45, 7) is 5.21. The molecule has 1 aromatic heterocycles. The Balaban J connectivity index is 2.19. The Hall–Kier alpha value is -2.28. The van der Waals surface area contributed by atoms with Crippen molar-refractivity contribution < 1.29 is 9.66 Å². The Morgan fingerprint density at radius 1 is 1.40 bits per heavy atom. The molecule has 0 fully saturated rings. The molecule has 0 spiro atoms. The van der Waals surface area contributed by atoms with E-state index in [0.717, 1.165) is 0 Å². The van der Waals surface area contributed by atoms with Crippen LogP contribution in [0.15, 0.2) is 24.5 Å². The molecule has 0 unspecified atom stereocenters. The molecule has 0 bridgehead atoms. The van der Waals surface area contributed by atoms with Gasteiger partial charge in [0.05, 0.1) is 15.8 Å². The number of non-ortho nitro benzene ring substituents is 1. The van der Waals surface area contributed by atoms with Crippen LogP contribution in [-0.4, -0.2) is 34.1 Å². The summed E-state index contributed by atoms with van der Waals surface area (Å²) in [5, 5.41) is 14.6. The largest absolute Gasteiger partial charge is 0.476 e. The van der Waals surface area contributed by atoms with Gasteiger partial charge in [0.2, 0.25) is 5.88 Å². The zero-order chi connectivity index (χ0) is 14.5. The number of hydrogen-bond donors (Lipinski definition) is 1. The summed E-state index contributed by atoms with van der Waals surface area (Å²) in [6.07, 6.45) is 1.39. The van der Waals surface area contributed by atoms with Crippen LogP contribution in [0.3, 0.4) is 0 Å². The highest BCUT2D eigenvalue weighted by atomic mass is 16.6. The first-order valence-corrected chi connectivity index (χ1v) is 6.33. The second-order valence-corrected chi connectivity index (χ2v) is 4.59. The Labute approximate surface area is 116 Å². The summed E-state index contributed by atoms with van der Waals surface area (Å²) in [6, 6.07) is 4.82. The van der Waals surface area contributed by atoms with Crippen molar-refractivity contribution in [1.29, 1.82) is 0 Å².